The SMILES string of the molecule is COc1ccc2cc(C(=O)/C=C/c3cc(C)c(OC(C)(C)C(=O)OC(C)(C)C)c(C)c3)oc2c1. The summed E-state index contributed by atoms with van der Waals surface area (Å²) in [6.45, 7) is 12.6. The maximum absolute atomic E-state index is 12.7. The number of fused-ring (bicyclic) bond motifs is 1. The van der Waals surface area contributed by atoms with Crippen molar-refractivity contribution >= 4 is 28.8 Å². The van der Waals surface area contributed by atoms with Gasteiger partial charge in [-0.25, -0.2) is 4.79 Å². The van der Waals surface area contributed by atoms with Crippen LogP contribution in [0.3, 0.4) is 0 Å². The molecule has 0 spiro atoms. The summed E-state index contributed by atoms with van der Waals surface area (Å²) < 4.78 is 22.5. The molecule has 0 aliphatic heterocycles. The van der Waals surface area contributed by atoms with E-state index in [2.05, 4.69) is 0 Å². The first-order valence-electron chi connectivity index (χ1n) is 11.1. The Morgan fingerprint density at radius 3 is 2.18 bits per heavy atom. The fourth-order valence-electron chi connectivity index (χ4n) is 3.45. The largest absolute Gasteiger partial charge is 0.497 e. The number of carbonyl (C=O) groups excluding carboxylic acids is 2. The van der Waals surface area contributed by atoms with Crippen LogP contribution >= 0.6 is 0 Å². The minimum atomic E-state index is -1.15. The number of hydrogen-bond acceptors (Lipinski definition) is 6. The second-order valence-corrected chi connectivity index (χ2v) is 9.81. The maximum atomic E-state index is 12.7. The zero-order valence-electron chi connectivity index (χ0n) is 21.1. The lowest BCUT2D eigenvalue weighted by atomic mass is 10.0. The Morgan fingerprint density at radius 2 is 1.59 bits per heavy atom. The Morgan fingerprint density at radius 1 is 0.941 bits per heavy atom. The third-order valence-electron chi connectivity index (χ3n) is 5.13. The van der Waals surface area contributed by atoms with Crippen LogP contribution in [0, 0.1) is 13.8 Å². The van der Waals surface area contributed by atoms with Gasteiger partial charge in [0.05, 0.1) is 7.11 Å². The first-order valence-corrected chi connectivity index (χ1v) is 11.1. The van der Waals surface area contributed by atoms with E-state index in [4.69, 9.17) is 18.6 Å². The van der Waals surface area contributed by atoms with E-state index in [1.54, 1.807) is 39.2 Å². The van der Waals surface area contributed by atoms with Crippen molar-refractivity contribution in [1.82, 2.24) is 0 Å². The van der Waals surface area contributed by atoms with Gasteiger partial charge in [-0.05, 0) is 102 Å². The number of furan rings is 1. The summed E-state index contributed by atoms with van der Waals surface area (Å²) in [6, 6.07) is 10.9. The van der Waals surface area contributed by atoms with Gasteiger partial charge in [0, 0.05) is 11.5 Å². The number of allylic oxidation sites excluding steroid dienone is 1. The van der Waals surface area contributed by atoms with Crippen LogP contribution in [0.1, 0.15) is 61.9 Å². The third kappa shape index (κ3) is 5.87. The quantitative estimate of drug-likeness (QED) is 0.227. The van der Waals surface area contributed by atoms with Crippen LogP contribution in [0.15, 0.2) is 46.9 Å². The van der Waals surface area contributed by atoms with Gasteiger partial charge < -0.3 is 18.6 Å². The molecular weight excluding hydrogens is 432 g/mol. The van der Waals surface area contributed by atoms with Gasteiger partial charge in [-0.2, -0.15) is 0 Å². The van der Waals surface area contributed by atoms with E-state index in [0.29, 0.717) is 17.1 Å². The summed E-state index contributed by atoms with van der Waals surface area (Å²) in [5, 5.41) is 0.832. The van der Waals surface area contributed by atoms with Gasteiger partial charge in [-0.15, -0.1) is 0 Å². The second-order valence-electron chi connectivity index (χ2n) is 9.81. The molecule has 0 saturated heterocycles. The Kier molecular flexibility index (Phi) is 6.92. The molecule has 34 heavy (non-hydrogen) atoms. The average Bonchev–Trinajstić information content (AvgIpc) is 3.16. The minimum Gasteiger partial charge on any atom is -0.497 e. The summed E-state index contributed by atoms with van der Waals surface area (Å²) in [6.07, 6.45) is 3.22. The molecule has 0 radical (unpaired) electrons. The van der Waals surface area contributed by atoms with E-state index < -0.39 is 17.2 Å². The summed E-state index contributed by atoms with van der Waals surface area (Å²) in [5.41, 5.74) is 1.37. The van der Waals surface area contributed by atoms with Crippen LogP contribution in [0.25, 0.3) is 17.0 Å². The number of rotatable bonds is 7. The number of carbonyl (C=O) groups is 2. The van der Waals surface area contributed by atoms with Crippen molar-refractivity contribution in [2.24, 2.45) is 0 Å². The fraction of sp³-hybridized carbons (Fsp3) is 0.357. The molecule has 0 aliphatic rings. The monoisotopic (exact) mass is 464 g/mol. The highest BCUT2D eigenvalue weighted by molar-refractivity contribution is 6.07. The summed E-state index contributed by atoms with van der Waals surface area (Å²) >= 11 is 0. The first-order chi connectivity index (χ1) is 15.8. The molecule has 6 nitrogen and oxygen atoms in total. The van der Waals surface area contributed by atoms with Crippen molar-refractivity contribution in [2.75, 3.05) is 7.11 Å². The van der Waals surface area contributed by atoms with E-state index in [9.17, 15) is 9.59 Å². The molecule has 0 amide bonds. The van der Waals surface area contributed by atoms with Crippen LogP contribution in [0.4, 0.5) is 0 Å². The number of benzene rings is 2. The fourth-order valence-corrected chi connectivity index (χ4v) is 3.45. The molecule has 0 bridgehead atoms. The van der Waals surface area contributed by atoms with Gasteiger partial charge in [-0.1, -0.05) is 6.08 Å². The molecule has 0 atom stereocenters. The molecule has 3 aromatic rings. The highest BCUT2D eigenvalue weighted by Gasteiger charge is 2.35. The average molecular weight is 465 g/mol. The van der Waals surface area contributed by atoms with Crippen molar-refractivity contribution in [1.29, 1.82) is 0 Å². The van der Waals surface area contributed by atoms with Crippen molar-refractivity contribution < 1.29 is 28.2 Å². The molecule has 0 N–H and O–H groups in total. The van der Waals surface area contributed by atoms with Gasteiger partial charge in [0.2, 0.25) is 5.78 Å². The van der Waals surface area contributed by atoms with Crippen LogP contribution in [-0.4, -0.2) is 30.1 Å². The number of ether oxygens (including phenoxy) is 3. The van der Waals surface area contributed by atoms with E-state index in [1.165, 1.54) is 6.08 Å². The van der Waals surface area contributed by atoms with Crippen LogP contribution < -0.4 is 9.47 Å². The standard InChI is InChI=1S/C28H32O6/c1-17-13-19(14-18(2)25(17)33-28(6,7)26(30)34-27(3,4)5)9-12-22(29)24-15-20-10-11-21(31-8)16-23(20)32-24/h9-16H,1-8H3/b12-9+. The van der Waals surface area contributed by atoms with E-state index in [0.717, 1.165) is 22.1 Å². The predicted molar refractivity (Wildman–Crippen MR) is 133 cm³/mol. The topological polar surface area (TPSA) is 75.0 Å². The van der Waals surface area contributed by atoms with Crippen molar-refractivity contribution in [3.8, 4) is 11.5 Å². The smallest absolute Gasteiger partial charge is 0.350 e. The lowest BCUT2D eigenvalue weighted by Crippen LogP contribution is -2.43. The van der Waals surface area contributed by atoms with Gasteiger partial charge in [0.1, 0.15) is 22.7 Å². The minimum absolute atomic E-state index is 0.239. The van der Waals surface area contributed by atoms with Crippen molar-refractivity contribution in [2.45, 2.75) is 59.7 Å². The summed E-state index contributed by atoms with van der Waals surface area (Å²) in [4.78, 5) is 25.2. The number of aryl methyl sites for hydroxylation is 2. The molecule has 6 heteroatoms. The molecular formula is C28H32O6. The Balaban J connectivity index is 1.78. The molecule has 0 fully saturated rings. The van der Waals surface area contributed by atoms with E-state index in [1.807, 2.05) is 58.9 Å². The molecule has 1 heterocycles. The Hall–Kier alpha value is -3.54. The van der Waals surface area contributed by atoms with Crippen LogP contribution in [0.5, 0.6) is 11.5 Å². The predicted octanol–water partition coefficient (Wildman–Crippen LogP) is 6.45. The highest BCUT2D eigenvalue weighted by atomic mass is 16.6. The Labute approximate surface area is 200 Å². The Bertz CT molecular complexity index is 1230. The number of methoxy groups -OCH3 is 1. The molecule has 0 aliphatic carbocycles. The molecule has 1 aromatic heterocycles. The lowest BCUT2D eigenvalue weighted by molar-refractivity contribution is -0.171. The van der Waals surface area contributed by atoms with Gasteiger partial charge in [0.25, 0.3) is 0 Å². The molecule has 0 unspecified atom stereocenters. The van der Waals surface area contributed by atoms with Crippen LogP contribution in [-0.2, 0) is 9.53 Å². The summed E-state index contributed by atoms with van der Waals surface area (Å²) in [5.74, 6) is 0.866. The molecule has 2 aromatic carbocycles. The second kappa shape index (κ2) is 9.37. The summed E-state index contributed by atoms with van der Waals surface area (Å²) in [7, 11) is 1.58. The highest BCUT2D eigenvalue weighted by Crippen LogP contribution is 2.30. The van der Waals surface area contributed by atoms with Gasteiger partial charge >= 0.3 is 5.97 Å². The van der Waals surface area contributed by atoms with E-state index in [-0.39, 0.29) is 11.5 Å². The number of hydrogen-bond donors (Lipinski definition) is 0. The molecule has 3 rings (SSSR count). The zero-order chi connectivity index (χ0) is 25.3. The van der Waals surface area contributed by atoms with Crippen LogP contribution in [0.2, 0.25) is 0 Å². The first kappa shape index (κ1) is 25.1. The normalized spacial score (nSPS) is 12.2. The van der Waals surface area contributed by atoms with Gasteiger partial charge in [-0.3, -0.25) is 4.79 Å². The molecule has 0 saturated carbocycles. The van der Waals surface area contributed by atoms with E-state index >= 15 is 0 Å². The maximum Gasteiger partial charge on any atom is 0.350 e. The lowest BCUT2D eigenvalue weighted by Gasteiger charge is -2.30. The van der Waals surface area contributed by atoms with Gasteiger partial charge in [0.15, 0.2) is 11.4 Å². The van der Waals surface area contributed by atoms with Crippen molar-refractivity contribution in [3.63, 3.8) is 0 Å². The third-order valence-corrected chi connectivity index (χ3v) is 5.13. The molecule has 180 valence electrons. The number of esters is 1. The number of ketones is 1. The zero-order valence-corrected chi connectivity index (χ0v) is 21.1. The van der Waals surface area contributed by atoms with Crippen molar-refractivity contribution in [3.05, 3.63) is 64.9 Å².